The molecule has 2 aromatic rings. The molecular weight excluding hydrogens is 327 g/mol. The van der Waals surface area contributed by atoms with E-state index in [1.54, 1.807) is 37.3 Å². The standard InChI is InChI=1S/C14H12BrFN2O2/c1-8-3-2-4-12(13(8)16)20-11-6-5-9(15)7-10(11)14(17)18-19/h2-7,19H,1H3,(H2,17,18). The number of halogens is 2. The number of hydrogen-bond donors (Lipinski definition) is 2. The van der Waals surface area contributed by atoms with Crippen LogP contribution < -0.4 is 10.5 Å². The van der Waals surface area contributed by atoms with Gasteiger partial charge in [0.2, 0.25) is 0 Å². The summed E-state index contributed by atoms with van der Waals surface area (Å²) < 4.78 is 20.2. The van der Waals surface area contributed by atoms with Crippen molar-refractivity contribution in [3.8, 4) is 11.5 Å². The Labute approximate surface area is 123 Å². The largest absolute Gasteiger partial charge is 0.454 e. The Kier molecular flexibility index (Phi) is 4.24. The first-order chi connectivity index (χ1) is 9.52. The Hall–Kier alpha value is -2.08. The lowest BCUT2D eigenvalue weighted by molar-refractivity contribution is 0.318. The fraction of sp³-hybridized carbons (Fsp3) is 0.0714. The molecule has 6 heteroatoms. The van der Waals surface area contributed by atoms with Crippen LogP contribution in [0.5, 0.6) is 11.5 Å². The average Bonchev–Trinajstić information content (AvgIpc) is 2.44. The van der Waals surface area contributed by atoms with Gasteiger partial charge in [-0.05, 0) is 36.8 Å². The molecule has 0 heterocycles. The summed E-state index contributed by atoms with van der Waals surface area (Å²) in [4.78, 5) is 0. The molecule has 0 amide bonds. The van der Waals surface area contributed by atoms with Gasteiger partial charge in [0.05, 0.1) is 5.56 Å². The molecule has 0 saturated carbocycles. The molecule has 2 rings (SSSR count). The van der Waals surface area contributed by atoms with Gasteiger partial charge in [-0.3, -0.25) is 0 Å². The van der Waals surface area contributed by atoms with Gasteiger partial charge in [0.25, 0.3) is 0 Å². The second-order valence-corrected chi connectivity index (χ2v) is 5.03. The van der Waals surface area contributed by atoms with Crippen molar-refractivity contribution in [1.29, 1.82) is 0 Å². The summed E-state index contributed by atoms with van der Waals surface area (Å²) in [5, 5.41) is 11.7. The minimum Gasteiger partial charge on any atom is -0.454 e. The van der Waals surface area contributed by atoms with Crippen LogP contribution in [0, 0.1) is 12.7 Å². The molecule has 0 bridgehead atoms. The van der Waals surface area contributed by atoms with Gasteiger partial charge >= 0.3 is 0 Å². The van der Waals surface area contributed by atoms with Crippen molar-refractivity contribution >= 4 is 21.8 Å². The van der Waals surface area contributed by atoms with E-state index in [1.165, 1.54) is 6.07 Å². The van der Waals surface area contributed by atoms with Crippen molar-refractivity contribution < 1.29 is 14.3 Å². The van der Waals surface area contributed by atoms with Gasteiger partial charge in [-0.1, -0.05) is 33.2 Å². The van der Waals surface area contributed by atoms with Crippen molar-refractivity contribution in [3.05, 3.63) is 57.8 Å². The molecule has 2 aromatic carbocycles. The maximum absolute atomic E-state index is 13.9. The summed E-state index contributed by atoms with van der Waals surface area (Å²) in [5.41, 5.74) is 6.43. The number of nitrogens with two attached hydrogens (primary N) is 1. The van der Waals surface area contributed by atoms with E-state index in [0.717, 1.165) is 4.47 Å². The number of amidine groups is 1. The van der Waals surface area contributed by atoms with E-state index in [0.29, 0.717) is 16.9 Å². The molecule has 0 saturated heterocycles. The molecule has 3 N–H and O–H groups in total. The lowest BCUT2D eigenvalue weighted by Crippen LogP contribution is -2.14. The van der Waals surface area contributed by atoms with Crippen LogP contribution >= 0.6 is 15.9 Å². The molecule has 0 fully saturated rings. The summed E-state index contributed by atoms with van der Waals surface area (Å²) in [6, 6.07) is 9.80. The van der Waals surface area contributed by atoms with Gasteiger partial charge in [-0.25, -0.2) is 4.39 Å². The van der Waals surface area contributed by atoms with Crippen LogP contribution in [-0.2, 0) is 0 Å². The SMILES string of the molecule is Cc1cccc(Oc2ccc(Br)cc2/C(N)=N/O)c1F. The first-order valence-corrected chi connectivity index (χ1v) is 6.52. The maximum Gasteiger partial charge on any atom is 0.173 e. The molecule has 0 radical (unpaired) electrons. The number of aryl methyl sites for hydroxylation is 1. The first kappa shape index (κ1) is 14.3. The van der Waals surface area contributed by atoms with Gasteiger partial charge in [-0.15, -0.1) is 0 Å². The van der Waals surface area contributed by atoms with Crippen LogP contribution in [0.4, 0.5) is 4.39 Å². The Bertz CT molecular complexity index is 674. The van der Waals surface area contributed by atoms with E-state index >= 15 is 0 Å². The van der Waals surface area contributed by atoms with Gasteiger partial charge in [0.1, 0.15) is 5.75 Å². The quantitative estimate of drug-likeness (QED) is 0.387. The molecule has 0 atom stereocenters. The fourth-order valence-electron chi connectivity index (χ4n) is 1.66. The van der Waals surface area contributed by atoms with E-state index in [2.05, 4.69) is 21.1 Å². The van der Waals surface area contributed by atoms with Gasteiger partial charge in [0.15, 0.2) is 17.4 Å². The smallest absolute Gasteiger partial charge is 0.173 e. The predicted molar refractivity (Wildman–Crippen MR) is 77.9 cm³/mol. The highest BCUT2D eigenvalue weighted by atomic mass is 79.9. The monoisotopic (exact) mass is 338 g/mol. The van der Waals surface area contributed by atoms with Crippen molar-refractivity contribution in [3.63, 3.8) is 0 Å². The first-order valence-electron chi connectivity index (χ1n) is 5.73. The van der Waals surface area contributed by atoms with Crippen molar-refractivity contribution in [2.45, 2.75) is 6.92 Å². The van der Waals surface area contributed by atoms with Gasteiger partial charge < -0.3 is 15.7 Å². The molecule has 0 aliphatic rings. The second kappa shape index (κ2) is 5.92. The Morgan fingerprint density at radius 3 is 2.75 bits per heavy atom. The van der Waals surface area contributed by atoms with E-state index < -0.39 is 5.82 Å². The predicted octanol–water partition coefficient (Wildman–Crippen LogP) is 3.78. The Morgan fingerprint density at radius 2 is 2.05 bits per heavy atom. The Morgan fingerprint density at radius 1 is 1.30 bits per heavy atom. The highest BCUT2D eigenvalue weighted by Crippen LogP contribution is 2.30. The lowest BCUT2D eigenvalue weighted by atomic mass is 10.2. The molecule has 0 aromatic heterocycles. The summed E-state index contributed by atoms with van der Waals surface area (Å²) in [6.07, 6.45) is 0. The topological polar surface area (TPSA) is 67.8 Å². The van der Waals surface area contributed by atoms with Crippen LogP contribution in [-0.4, -0.2) is 11.0 Å². The van der Waals surface area contributed by atoms with Gasteiger partial charge in [0, 0.05) is 4.47 Å². The van der Waals surface area contributed by atoms with Crippen LogP contribution in [0.25, 0.3) is 0 Å². The lowest BCUT2D eigenvalue weighted by Gasteiger charge is -2.12. The summed E-state index contributed by atoms with van der Waals surface area (Å²) in [7, 11) is 0. The van der Waals surface area contributed by atoms with E-state index in [9.17, 15) is 4.39 Å². The minimum atomic E-state index is -0.444. The molecule has 0 unspecified atom stereocenters. The van der Waals surface area contributed by atoms with Crippen LogP contribution in [0.2, 0.25) is 0 Å². The second-order valence-electron chi connectivity index (χ2n) is 4.11. The average molecular weight is 339 g/mol. The molecule has 104 valence electrons. The zero-order valence-electron chi connectivity index (χ0n) is 10.6. The zero-order chi connectivity index (χ0) is 14.7. The molecule has 0 aliphatic heterocycles. The summed E-state index contributed by atoms with van der Waals surface area (Å²) >= 11 is 3.28. The third-order valence-electron chi connectivity index (χ3n) is 2.70. The fourth-order valence-corrected chi connectivity index (χ4v) is 2.02. The normalized spacial score (nSPS) is 11.4. The Balaban J connectivity index is 2.46. The van der Waals surface area contributed by atoms with Crippen molar-refractivity contribution in [2.24, 2.45) is 10.9 Å². The van der Waals surface area contributed by atoms with Crippen LogP contribution in [0.3, 0.4) is 0 Å². The van der Waals surface area contributed by atoms with E-state index in [-0.39, 0.29) is 11.6 Å². The van der Waals surface area contributed by atoms with Crippen molar-refractivity contribution in [1.82, 2.24) is 0 Å². The third kappa shape index (κ3) is 2.91. The van der Waals surface area contributed by atoms with E-state index in [4.69, 9.17) is 15.7 Å². The molecular formula is C14H12BrFN2O2. The van der Waals surface area contributed by atoms with Crippen molar-refractivity contribution in [2.75, 3.05) is 0 Å². The molecule has 0 aliphatic carbocycles. The molecule has 4 nitrogen and oxygen atoms in total. The zero-order valence-corrected chi connectivity index (χ0v) is 12.2. The highest BCUT2D eigenvalue weighted by molar-refractivity contribution is 9.10. The molecule has 0 spiro atoms. The summed E-state index contributed by atoms with van der Waals surface area (Å²) in [5.74, 6) is -0.178. The highest BCUT2D eigenvalue weighted by Gasteiger charge is 2.13. The number of oxime groups is 1. The third-order valence-corrected chi connectivity index (χ3v) is 3.19. The number of hydrogen-bond acceptors (Lipinski definition) is 3. The summed E-state index contributed by atoms with van der Waals surface area (Å²) in [6.45, 7) is 1.65. The number of benzene rings is 2. The molecule has 20 heavy (non-hydrogen) atoms. The van der Waals surface area contributed by atoms with Crippen LogP contribution in [0.15, 0.2) is 46.0 Å². The van der Waals surface area contributed by atoms with E-state index in [1.807, 2.05) is 0 Å². The number of ether oxygens (including phenoxy) is 1. The number of rotatable bonds is 3. The van der Waals surface area contributed by atoms with Gasteiger partial charge in [-0.2, -0.15) is 0 Å². The number of nitrogens with zero attached hydrogens (tertiary/aromatic N) is 1. The minimum absolute atomic E-state index is 0.0827. The maximum atomic E-state index is 13.9. The van der Waals surface area contributed by atoms with Crippen LogP contribution in [0.1, 0.15) is 11.1 Å².